The van der Waals surface area contributed by atoms with Gasteiger partial charge in [-0.15, -0.1) is 11.8 Å². The number of nitrogens with one attached hydrogen (secondary N) is 1. The first-order valence-electron chi connectivity index (χ1n) is 5.13. The fraction of sp³-hybridized carbons (Fsp3) is 0.364. The molecule has 5 N–H and O–H groups in total. The second-order valence-corrected chi connectivity index (χ2v) is 5.12. The Hall–Kier alpha value is -1.20. The van der Waals surface area contributed by atoms with Gasteiger partial charge in [0, 0.05) is 22.3 Å². The molecule has 0 fully saturated rings. The fourth-order valence-corrected chi connectivity index (χ4v) is 2.24. The highest BCUT2D eigenvalue weighted by molar-refractivity contribution is 7.99. The Kier molecular flexibility index (Phi) is 5.14. The van der Waals surface area contributed by atoms with Gasteiger partial charge in [0.1, 0.15) is 0 Å². The van der Waals surface area contributed by atoms with Crippen molar-refractivity contribution in [1.29, 1.82) is 0 Å². The van der Waals surface area contributed by atoms with Gasteiger partial charge in [0.05, 0.1) is 0 Å². The first kappa shape index (κ1) is 12.9. The molecule has 1 amide bonds. The van der Waals surface area contributed by atoms with Crippen molar-refractivity contribution in [3.05, 3.63) is 24.3 Å². The molecule has 0 saturated carbocycles. The number of hydrogen-bond donors (Lipinski definition) is 3. The molecule has 16 heavy (non-hydrogen) atoms. The quantitative estimate of drug-likeness (QED) is 0.239. The number of carbonyl (C=O) groups excluding carboxylic acids is 1. The van der Waals surface area contributed by atoms with Crippen LogP contribution in [0.1, 0.15) is 19.8 Å². The van der Waals surface area contributed by atoms with E-state index in [2.05, 4.69) is 12.3 Å². The molecular formula is C11H17N3OS. The molecule has 88 valence electrons. The maximum absolute atomic E-state index is 11.0. The SMILES string of the molecule is CC(CCC(=O)NN)Sc1ccc(N)cc1. The molecule has 0 aliphatic heterocycles. The van der Waals surface area contributed by atoms with Gasteiger partial charge in [0.25, 0.3) is 0 Å². The van der Waals surface area contributed by atoms with E-state index in [-0.39, 0.29) is 5.91 Å². The summed E-state index contributed by atoms with van der Waals surface area (Å²) >= 11 is 1.73. The lowest BCUT2D eigenvalue weighted by molar-refractivity contribution is -0.121. The van der Waals surface area contributed by atoms with Gasteiger partial charge >= 0.3 is 0 Å². The van der Waals surface area contributed by atoms with Crippen molar-refractivity contribution >= 4 is 23.4 Å². The average molecular weight is 239 g/mol. The van der Waals surface area contributed by atoms with Gasteiger partial charge in [-0.25, -0.2) is 5.84 Å². The minimum absolute atomic E-state index is 0.121. The Morgan fingerprint density at radius 1 is 1.44 bits per heavy atom. The smallest absolute Gasteiger partial charge is 0.233 e. The molecule has 0 heterocycles. The van der Waals surface area contributed by atoms with E-state index in [9.17, 15) is 4.79 Å². The van der Waals surface area contributed by atoms with E-state index in [1.165, 1.54) is 0 Å². The van der Waals surface area contributed by atoms with Gasteiger partial charge in [0.2, 0.25) is 5.91 Å². The highest BCUT2D eigenvalue weighted by atomic mass is 32.2. The molecule has 1 atom stereocenters. The molecule has 0 saturated heterocycles. The summed E-state index contributed by atoms with van der Waals surface area (Å²) in [5.41, 5.74) is 8.49. The van der Waals surface area contributed by atoms with Gasteiger partial charge in [-0.3, -0.25) is 10.2 Å². The summed E-state index contributed by atoms with van der Waals surface area (Å²) in [6.45, 7) is 2.09. The van der Waals surface area contributed by atoms with Crippen LogP contribution in [0.2, 0.25) is 0 Å². The Balaban J connectivity index is 2.36. The number of rotatable bonds is 5. The summed E-state index contributed by atoms with van der Waals surface area (Å²) in [4.78, 5) is 12.1. The van der Waals surface area contributed by atoms with Gasteiger partial charge in [-0.1, -0.05) is 6.92 Å². The molecule has 5 heteroatoms. The minimum Gasteiger partial charge on any atom is -0.399 e. The zero-order valence-electron chi connectivity index (χ0n) is 9.27. The van der Waals surface area contributed by atoms with E-state index in [0.717, 1.165) is 17.0 Å². The van der Waals surface area contributed by atoms with Gasteiger partial charge in [0.15, 0.2) is 0 Å². The van der Waals surface area contributed by atoms with Crippen LogP contribution in [0.15, 0.2) is 29.2 Å². The Morgan fingerprint density at radius 2 is 2.06 bits per heavy atom. The van der Waals surface area contributed by atoms with Gasteiger partial charge in [-0.2, -0.15) is 0 Å². The number of carbonyl (C=O) groups is 1. The largest absolute Gasteiger partial charge is 0.399 e. The van der Waals surface area contributed by atoms with Crippen LogP contribution < -0.4 is 17.0 Å². The van der Waals surface area contributed by atoms with E-state index in [0.29, 0.717) is 11.7 Å². The summed E-state index contributed by atoms with van der Waals surface area (Å²) in [5, 5.41) is 0.376. The zero-order valence-corrected chi connectivity index (χ0v) is 10.1. The number of thioether (sulfide) groups is 1. The third kappa shape index (κ3) is 4.55. The monoisotopic (exact) mass is 239 g/mol. The predicted octanol–water partition coefficient (Wildman–Crippen LogP) is 1.52. The molecule has 1 unspecified atom stereocenters. The number of hydrogen-bond acceptors (Lipinski definition) is 4. The molecule has 0 aliphatic rings. The third-order valence-corrected chi connectivity index (χ3v) is 3.34. The van der Waals surface area contributed by atoms with E-state index in [1.807, 2.05) is 24.3 Å². The molecule has 1 aromatic rings. The Bertz CT molecular complexity index is 340. The maximum atomic E-state index is 11.0. The summed E-state index contributed by atoms with van der Waals surface area (Å²) < 4.78 is 0. The van der Waals surface area contributed by atoms with E-state index in [1.54, 1.807) is 11.8 Å². The molecule has 0 aromatic heterocycles. The summed E-state index contributed by atoms with van der Waals surface area (Å²) in [6, 6.07) is 7.72. The molecule has 1 aromatic carbocycles. The van der Waals surface area contributed by atoms with Crippen LogP contribution in [-0.2, 0) is 4.79 Å². The maximum Gasteiger partial charge on any atom is 0.233 e. The van der Waals surface area contributed by atoms with Crippen molar-refractivity contribution in [2.45, 2.75) is 29.9 Å². The molecule has 0 radical (unpaired) electrons. The number of benzene rings is 1. The molecule has 0 spiro atoms. The number of nitrogen functional groups attached to an aromatic ring is 1. The summed E-state index contributed by atoms with van der Waals surface area (Å²) in [7, 11) is 0. The third-order valence-electron chi connectivity index (χ3n) is 2.16. The second-order valence-electron chi connectivity index (χ2n) is 3.60. The van der Waals surface area contributed by atoms with Crippen molar-refractivity contribution in [2.75, 3.05) is 5.73 Å². The lowest BCUT2D eigenvalue weighted by Crippen LogP contribution is -2.30. The number of anilines is 1. The standard InChI is InChI=1S/C11H17N3OS/c1-8(2-7-11(15)14-13)16-10-5-3-9(12)4-6-10/h3-6,8H,2,7,12-13H2,1H3,(H,14,15). The molecule has 0 aliphatic carbocycles. The van der Waals surface area contributed by atoms with Crippen molar-refractivity contribution < 1.29 is 4.79 Å². The first-order valence-corrected chi connectivity index (χ1v) is 6.01. The van der Waals surface area contributed by atoms with Gasteiger partial charge in [-0.05, 0) is 30.7 Å². The van der Waals surface area contributed by atoms with Gasteiger partial charge < -0.3 is 5.73 Å². The normalized spacial score (nSPS) is 12.1. The molecule has 0 bridgehead atoms. The number of amides is 1. The summed E-state index contributed by atoms with van der Waals surface area (Å²) in [5.74, 6) is 4.89. The van der Waals surface area contributed by atoms with Crippen molar-refractivity contribution in [1.82, 2.24) is 5.43 Å². The number of nitrogens with two attached hydrogens (primary N) is 2. The van der Waals surface area contributed by atoms with Crippen LogP contribution in [0.5, 0.6) is 0 Å². The van der Waals surface area contributed by atoms with Crippen molar-refractivity contribution in [2.24, 2.45) is 5.84 Å². The van der Waals surface area contributed by atoms with E-state index < -0.39 is 0 Å². The van der Waals surface area contributed by atoms with Crippen LogP contribution in [0.3, 0.4) is 0 Å². The molecule has 1 rings (SSSR count). The minimum atomic E-state index is -0.121. The Labute approximate surface area is 99.7 Å². The average Bonchev–Trinajstić information content (AvgIpc) is 2.29. The van der Waals surface area contributed by atoms with Crippen molar-refractivity contribution in [3.8, 4) is 0 Å². The lowest BCUT2D eigenvalue weighted by atomic mass is 10.2. The Morgan fingerprint density at radius 3 is 2.62 bits per heavy atom. The predicted molar refractivity (Wildman–Crippen MR) is 67.7 cm³/mol. The molecule has 4 nitrogen and oxygen atoms in total. The highest BCUT2D eigenvalue weighted by Gasteiger charge is 2.07. The highest BCUT2D eigenvalue weighted by Crippen LogP contribution is 2.26. The number of hydrazine groups is 1. The van der Waals surface area contributed by atoms with Crippen LogP contribution in [0, 0.1) is 0 Å². The van der Waals surface area contributed by atoms with Crippen LogP contribution in [-0.4, -0.2) is 11.2 Å². The zero-order chi connectivity index (χ0) is 12.0. The summed E-state index contributed by atoms with van der Waals surface area (Å²) in [6.07, 6.45) is 1.26. The van der Waals surface area contributed by atoms with Crippen LogP contribution in [0.4, 0.5) is 5.69 Å². The topological polar surface area (TPSA) is 81.1 Å². The van der Waals surface area contributed by atoms with Crippen molar-refractivity contribution in [3.63, 3.8) is 0 Å². The second kappa shape index (κ2) is 6.40. The lowest BCUT2D eigenvalue weighted by Gasteiger charge is -2.10. The fourth-order valence-electron chi connectivity index (χ4n) is 1.24. The van der Waals surface area contributed by atoms with E-state index in [4.69, 9.17) is 11.6 Å². The van der Waals surface area contributed by atoms with E-state index >= 15 is 0 Å². The molecular weight excluding hydrogens is 222 g/mol. The van der Waals surface area contributed by atoms with Crippen LogP contribution >= 0.6 is 11.8 Å². The van der Waals surface area contributed by atoms with Crippen LogP contribution in [0.25, 0.3) is 0 Å². The first-order chi connectivity index (χ1) is 7.61.